The fourth-order valence-electron chi connectivity index (χ4n) is 3.46. The van der Waals surface area contributed by atoms with Gasteiger partial charge in [0.05, 0.1) is 25.2 Å². The fourth-order valence-corrected chi connectivity index (χ4v) is 3.46. The van der Waals surface area contributed by atoms with E-state index in [2.05, 4.69) is 5.32 Å². The number of hydrogen-bond donors (Lipinski definition) is 1. The van der Waals surface area contributed by atoms with Crippen LogP contribution >= 0.6 is 0 Å². The lowest BCUT2D eigenvalue weighted by Crippen LogP contribution is -2.55. The van der Waals surface area contributed by atoms with Crippen LogP contribution in [0.25, 0.3) is 0 Å². The van der Waals surface area contributed by atoms with Crippen molar-refractivity contribution < 1.29 is 19.1 Å². The predicted molar refractivity (Wildman–Crippen MR) is 115 cm³/mol. The summed E-state index contributed by atoms with van der Waals surface area (Å²) in [6.45, 7) is 7.86. The maximum Gasteiger partial charge on any atom is 0.410 e. The first-order valence-corrected chi connectivity index (χ1v) is 10.3. The SMILES string of the molecule is C[C@H]1CN(C(=O)OC(C)(C)C)C[C@H](C(=O)NC(c2ccccc2)c2ccccc2)O1. The second kappa shape index (κ2) is 9.30. The van der Waals surface area contributed by atoms with E-state index in [-0.39, 0.29) is 24.6 Å². The molecule has 0 saturated carbocycles. The number of nitrogens with one attached hydrogen (secondary N) is 1. The Balaban J connectivity index is 1.76. The molecule has 0 aliphatic carbocycles. The molecule has 30 heavy (non-hydrogen) atoms. The van der Waals surface area contributed by atoms with E-state index in [0.29, 0.717) is 6.54 Å². The van der Waals surface area contributed by atoms with Crippen molar-refractivity contribution in [3.8, 4) is 0 Å². The van der Waals surface area contributed by atoms with E-state index in [0.717, 1.165) is 11.1 Å². The molecule has 0 unspecified atom stereocenters. The van der Waals surface area contributed by atoms with Crippen LogP contribution in [0.3, 0.4) is 0 Å². The zero-order valence-electron chi connectivity index (χ0n) is 18.0. The number of carbonyl (C=O) groups excluding carboxylic acids is 2. The number of hydrogen-bond acceptors (Lipinski definition) is 4. The number of amides is 2. The van der Waals surface area contributed by atoms with Gasteiger partial charge in [0, 0.05) is 0 Å². The van der Waals surface area contributed by atoms with Gasteiger partial charge in [-0.3, -0.25) is 4.79 Å². The van der Waals surface area contributed by atoms with E-state index in [1.807, 2.05) is 88.4 Å². The molecular weight excluding hydrogens is 380 g/mol. The topological polar surface area (TPSA) is 67.9 Å². The molecule has 0 bridgehead atoms. The molecule has 0 spiro atoms. The van der Waals surface area contributed by atoms with Gasteiger partial charge < -0.3 is 19.7 Å². The standard InChI is InChI=1S/C24H30N2O4/c1-17-15-26(23(28)30-24(2,3)4)16-20(29-17)22(27)25-21(18-11-7-5-8-12-18)19-13-9-6-10-14-19/h5-14,17,20-21H,15-16H2,1-4H3,(H,25,27)/t17-,20+/m0/s1. The summed E-state index contributed by atoms with van der Waals surface area (Å²) in [5.74, 6) is -0.257. The molecule has 2 aromatic rings. The van der Waals surface area contributed by atoms with E-state index in [9.17, 15) is 9.59 Å². The van der Waals surface area contributed by atoms with Gasteiger partial charge in [0.25, 0.3) is 5.91 Å². The summed E-state index contributed by atoms with van der Waals surface area (Å²) in [6, 6.07) is 19.3. The molecule has 160 valence electrons. The molecule has 6 nitrogen and oxygen atoms in total. The maximum absolute atomic E-state index is 13.1. The monoisotopic (exact) mass is 410 g/mol. The first-order valence-electron chi connectivity index (χ1n) is 10.3. The molecule has 1 aliphatic heterocycles. The van der Waals surface area contributed by atoms with Crippen molar-refractivity contribution in [2.45, 2.75) is 51.5 Å². The summed E-state index contributed by atoms with van der Waals surface area (Å²) in [5.41, 5.74) is 1.36. The van der Waals surface area contributed by atoms with Gasteiger partial charge >= 0.3 is 6.09 Å². The third-order valence-corrected chi connectivity index (χ3v) is 4.76. The predicted octanol–water partition coefficient (Wildman–Crippen LogP) is 3.92. The molecule has 1 saturated heterocycles. The molecule has 0 aromatic heterocycles. The van der Waals surface area contributed by atoms with Crippen LogP contribution in [-0.2, 0) is 14.3 Å². The van der Waals surface area contributed by atoms with E-state index in [4.69, 9.17) is 9.47 Å². The fraction of sp³-hybridized carbons (Fsp3) is 0.417. The smallest absolute Gasteiger partial charge is 0.410 e. The number of nitrogens with zero attached hydrogens (tertiary/aromatic N) is 1. The van der Waals surface area contributed by atoms with Gasteiger partial charge in [-0.05, 0) is 38.8 Å². The lowest BCUT2D eigenvalue weighted by Gasteiger charge is -2.37. The largest absolute Gasteiger partial charge is 0.444 e. The average molecular weight is 411 g/mol. The molecule has 1 fully saturated rings. The Labute approximate surface area is 178 Å². The van der Waals surface area contributed by atoms with E-state index < -0.39 is 17.8 Å². The number of benzene rings is 2. The van der Waals surface area contributed by atoms with Crippen molar-refractivity contribution >= 4 is 12.0 Å². The molecule has 2 aromatic carbocycles. The summed E-state index contributed by atoms with van der Waals surface area (Å²) >= 11 is 0. The van der Waals surface area contributed by atoms with Crippen LogP contribution in [0.4, 0.5) is 4.79 Å². The summed E-state index contributed by atoms with van der Waals surface area (Å²) < 4.78 is 11.3. The normalized spacial score (nSPS) is 19.4. The summed E-state index contributed by atoms with van der Waals surface area (Å²) in [4.78, 5) is 27.2. The van der Waals surface area contributed by atoms with Crippen LogP contribution in [0.1, 0.15) is 44.9 Å². The van der Waals surface area contributed by atoms with Gasteiger partial charge in [-0.15, -0.1) is 0 Å². The van der Waals surface area contributed by atoms with Crippen molar-refractivity contribution in [2.24, 2.45) is 0 Å². The minimum Gasteiger partial charge on any atom is -0.444 e. The lowest BCUT2D eigenvalue weighted by molar-refractivity contribution is -0.145. The van der Waals surface area contributed by atoms with Crippen LogP contribution in [0, 0.1) is 0 Å². The van der Waals surface area contributed by atoms with Crippen LogP contribution in [0.15, 0.2) is 60.7 Å². The number of carbonyl (C=O) groups is 2. The van der Waals surface area contributed by atoms with E-state index >= 15 is 0 Å². The summed E-state index contributed by atoms with van der Waals surface area (Å²) in [6.07, 6.45) is -1.47. The second-order valence-electron chi connectivity index (χ2n) is 8.58. The van der Waals surface area contributed by atoms with Crippen LogP contribution in [0.5, 0.6) is 0 Å². The van der Waals surface area contributed by atoms with Gasteiger partial charge in [0.1, 0.15) is 5.60 Å². The van der Waals surface area contributed by atoms with Crippen LogP contribution in [0.2, 0.25) is 0 Å². The Kier molecular flexibility index (Phi) is 6.77. The molecule has 1 N–H and O–H groups in total. The first kappa shape index (κ1) is 21.8. The number of rotatable bonds is 4. The first-order chi connectivity index (χ1) is 14.2. The molecule has 2 atom stereocenters. The number of morpholine rings is 1. The maximum atomic E-state index is 13.1. The Morgan fingerprint density at radius 1 is 1.00 bits per heavy atom. The third kappa shape index (κ3) is 5.83. The van der Waals surface area contributed by atoms with E-state index in [1.54, 1.807) is 4.90 Å². The second-order valence-corrected chi connectivity index (χ2v) is 8.58. The third-order valence-electron chi connectivity index (χ3n) is 4.76. The highest BCUT2D eigenvalue weighted by atomic mass is 16.6. The quantitative estimate of drug-likeness (QED) is 0.830. The minimum absolute atomic E-state index is 0.154. The molecule has 2 amide bonds. The van der Waals surface area contributed by atoms with Crippen molar-refractivity contribution in [1.82, 2.24) is 10.2 Å². The van der Waals surface area contributed by atoms with Crippen LogP contribution in [-0.4, -0.2) is 47.8 Å². The van der Waals surface area contributed by atoms with E-state index in [1.165, 1.54) is 0 Å². The Bertz CT molecular complexity index is 809. The van der Waals surface area contributed by atoms with Crippen molar-refractivity contribution in [2.75, 3.05) is 13.1 Å². The van der Waals surface area contributed by atoms with Crippen molar-refractivity contribution in [3.05, 3.63) is 71.8 Å². The highest BCUT2D eigenvalue weighted by Gasteiger charge is 2.35. The molecule has 1 heterocycles. The molecule has 6 heteroatoms. The Hall–Kier alpha value is -2.86. The van der Waals surface area contributed by atoms with Crippen LogP contribution < -0.4 is 5.32 Å². The molecule has 3 rings (SSSR count). The van der Waals surface area contributed by atoms with Crippen molar-refractivity contribution in [1.29, 1.82) is 0 Å². The van der Waals surface area contributed by atoms with Gasteiger partial charge in [-0.25, -0.2) is 4.79 Å². The number of ether oxygens (including phenoxy) is 2. The molecule has 1 aliphatic rings. The van der Waals surface area contributed by atoms with Gasteiger partial charge in [0.2, 0.25) is 0 Å². The zero-order chi connectivity index (χ0) is 21.7. The van der Waals surface area contributed by atoms with Crippen molar-refractivity contribution in [3.63, 3.8) is 0 Å². The Morgan fingerprint density at radius 3 is 2.03 bits per heavy atom. The highest BCUT2D eigenvalue weighted by Crippen LogP contribution is 2.23. The highest BCUT2D eigenvalue weighted by molar-refractivity contribution is 5.83. The van der Waals surface area contributed by atoms with Gasteiger partial charge in [-0.1, -0.05) is 60.7 Å². The van der Waals surface area contributed by atoms with Gasteiger partial charge in [0.15, 0.2) is 6.10 Å². The molecular formula is C24H30N2O4. The minimum atomic E-state index is -0.767. The summed E-state index contributed by atoms with van der Waals surface area (Å²) in [7, 11) is 0. The lowest BCUT2D eigenvalue weighted by atomic mass is 9.98. The molecule has 0 radical (unpaired) electrons. The Morgan fingerprint density at radius 2 is 1.53 bits per heavy atom. The zero-order valence-corrected chi connectivity index (χ0v) is 18.0. The summed E-state index contributed by atoms with van der Waals surface area (Å²) in [5, 5.41) is 3.10. The average Bonchev–Trinajstić information content (AvgIpc) is 2.71. The van der Waals surface area contributed by atoms with Gasteiger partial charge in [-0.2, -0.15) is 0 Å².